The first-order chi connectivity index (χ1) is 13.1. The van der Waals surface area contributed by atoms with Crippen LogP contribution in [-0.2, 0) is 11.3 Å². The number of carbonyl (C=O) groups is 1. The summed E-state index contributed by atoms with van der Waals surface area (Å²) in [6.07, 6.45) is 1.82. The lowest BCUT2D eigenvalue weighted by Gasteiger charge is -2.27. The van der Waals surface area contributed by atoms with Gasteiger partial charge in [0.05, 0.1) is 13.2 Å². The fraction of sp³-hybridized carbons (Fsp3) is 0.333. The lowest BCUT2D eigenvalue weighted by Crippen LogP contribution is -2.36. The van der Waals surface area contributed by atoms with Gasteiger partial charge in [0.2, 0.25) is 0 Å². The van der Waals surface area contributed by atoms with Crippen molar-refractivity contribution in [2.45, 2.75) is 20.4 Å². The molecule has 6 heteroatoms. The van der Waals surface area contributed by atoms with Crippen LogP contribution in [0.4, 0.5) is 5.82 Å². The van der Waals surface area contributed by atoms with Crippen molar-refractivity contribution in [3.05, 3.63) is 58.9 Å². The fourth-order valence-corrected chi connectivity index (χ4v) is 3.50. The van der Waals surface area contributed by atoms with Gasteiger partial charge in [0, 0.05) is 36.7 Å². The number of pyridine rings is 1. The first-order valence-electron chi connectivity index (χ1n) is 9.26. The number of amides is 1. The van der Waals surface area contributed by atoms with Gasteiger partial charge in [-0.1, -0.05) is 12.1 Å². The smallest absolute Gasteiger partial charge is 0.267 e. The van der Waals surface area contributed by atoms with E-state index < -0.39 is 0 Å². The first-order valence-corrected chi connectivity index (χ1v) is 9.26. The second kappa shape index (κ2) is 7.40. The molecule has 1 amide bonds. The van der Waals surface area contributed by atoms with Gasteiger partial charge < -0.3 is 19.9 Å². The molecule has 4 rings (SSSR count). The van der Waals surface area contributed by atoms with Gasteiger partial charge in [-0.3, -0.25) is 4.79 Å². The lowest BCUT2D eigenvalue weighted by atomic mass is 10.1. The maximum Gasteiger partial charge on any atom is 0.267 e. The van der Waals surface area contributed by atoms with E-state index in [1.165, 1.54) is 11.1 Å². The Kier molecular flexibility index (Phi) is 4.81. The predicted molar refractivity (Wildman–Crippen MR) is 106 cm³/mol. The van der Waals surface area contributed by atoms with E-state index in [1.807, 2.05) is 24.4 Å². The van der Waals surface area contributed by atoms with Gasteiger partial charge in [0.15, 0.2) is 0 Å². The zero-order valence-corrected chi connectivity index (χ0v) is 15.7. The number of rotatable bonds is 4. The van der Waals surface area contributed by atoms with Gasteiger partial charge in [-0.15, -0.1) is 0 Å². The normalized spacial score (nSPS) is 14.5. The summed E-state index contributed by atoms with van der Waals surface area (Å²) in [7, 11) is 0. The molecule has 1 saturated heterocycles. The number of aryl methyl sites for hydroxylation is 2. The minimum absolute atomic E-state index is 0.111. The molecule has 1 aliphatic rings. The van der Waals surface area contributed by atoms with Crippen molar-refractivity contribution in [2.75, 3.05) is 31.2 Å². The Balaban J connectivity index is 1.41. The van der Waals surface area contributed by atoms with Crippen molar-refractivity contribution in [1.82, 2.24) is 15.3 Å². The molecule has 3 heterocycles. The molecule has 1 aromatic carbocycles. The molecule has 2 aromatic heterocycles. The number of ether oxygens (including phenoxy) is 1. The zero-order chi connectivity index (χ0) is 18.8. The van der Waals surface area contributed by atoms with E-state index in [2.05, 4.69) is 46.2 Å². The van der Waals surface area contributed by atoms with Gasteiger partial charge in [-0.05, 0) is 48.7 Å². The topological polar surface area (TPSA) is 70.2 Å². The number of hydrogen-bond acceptors (Lipinski definition) is 4. The van der Waals surface area contributed by atoms with Crippen molar-refractivity contribution in [3.8, 4) is 0 Å². The first kappa shape index (κ1) is 17.5. The number of benzene rings is 1. The SMILES string of the molecule is Cc1cc(C)c2cc(C(=O)NCc3ccc(N4CCOCC4)nc3)[nH]c2c1. The Morgan fingerprint density at radius 1 is 1.22 bits per heavy atom. The number of nitrogens with one attached hydrogen (secondary N) is 2. The monoisotopic (exact) mass is 364 g/mol. The van der Waals surface area contributed by atoms with E-state index >= 15 is 0 Å². The van der Waals surface area contributed by atoms with Gasteiger partial charge in [-0.25, -0.2) is 4.98 Å². The largest absolute Gasteiger partial charge is 0.378 e. The number of aromatic nitrogens is 2. The van der Waals surface area contributed by atoms with Crippen LogP contribution in [-0.4, -0.2) is 42.2 Å². The summed E-state index contributed by atoms with van der Waals surface area (Å²) in [5.41, 5.74) is 4.90. The molecule has 2 N–H and O–H groups in total. The summed E-state index contributed by atoms with van der Waals surface area (Å²) in [4.78, 5) is 22.5. The van der Waals surface area contributed by atoms with E-state index in [0.29, 0.717) is 12.2 Å². The second-order valence-corrected chi connectivity index (χ2v) is 7.03. The van der Waals surface area contributed by atoms with E-state index in [0.717, 1.165) is 48.6 Å². The summed E-state index contributed by atoms with van der Waals surface area (Å²) in [5.74, 6) is 0.843. The van der Waals surface area contributed by atoms with E-state index in [4.69, 9.17) is 4.74 Å². The van der Waals surface area contributed by atoms with Crippen molar-refractivity contribution < 1.29 is 9.53 Å². The molecule has 0 unspecified atom stereocenters. The van der Waals surface area contributed by atoms with Crippen LogP contribution in [0.15, 0.2) is 36.5 Å². The molecular weight excluding hydrogens is 340 g/mol. The van der Waals surface area contributed by atoms with Gasteiger partial charge >= 0.3 is 0 Å². The average molecular weight is 364 g/mol. The third-order valence-electron chi connectivity index (χ3n) is 4.93. The fourth-order valence-electron chi connectivity index (χ4n) is 3.50. The van der Waals surface area contributed by atoms with Crippen LogP contribution in [0.5, 0.6) is 0 Å². The Hall–Kier alpha value is -2.86. The molecule has 1 fully saturated rings. The van der Waals surface area contributed by atoms with Crippen LogP contribution in [0.2, 0.25) is 0 Å². The van der Waals surface area contributed by atoms with Gasteiger partial charge in [0.25, 0.3) is 5.91 Å². The molecular formula is C21H24N4O2. The summed E-state index contributed by atoms with van der Waals surface area (Å²) < 4.78 is 5.37. The molecule has 0 radical (unpaired) electrons. The summed E-state index contributed by atoms with van der Waals surface area (Å²) in [5, 5.41) is 4.05. The van der Waals surface area contributed by atoms with E-state index in [1.54, 1.807) is 0 Å². The number of aromatic amines is 1. The predicted octanol–water partition coefficient (Wildman–Crippen LogP) is 2.95. The number of nitrogens with zero attached hydrogens (tertiary/aromatic N) is 2. The van der Waals surface area contributed by atoms with Crippen LogP contribution in [0.3, 0.4) is 0 Å². The number of H-pyrrole nitrogens is 1. The Bertz CT molecular complexity index is 956. The van der Waals surface area contributed by atoms with Gasteiger partial charge in [0.1, 0.15) is 11.5 Å². The molecule has 0 atom stereocenters. The highest BCUT2D eigenvalue weighted by atomic mass is 16.5. The van der Waals surface area contributed by atoms with E-state index in [9.17, 15) is 4.79 Å². The standard InChI is InChI=1S/C21H24N4O2/c1-14-9-15(2)17-11-19(24-18(17)10-14)21(26)23-13-16-3-4-20(22-12-16)25-5-7-27-8-6-25/h3-4,9-12,24H,5-8,13H2,1-2H3,(H,23,26). The highest BCUT2D eigenvalue weighted by molar-refractivity contribution is 5.98. The number of fused-ring (bicyclic) bond motifs is 1. The molecule has 0 spiro atoms. The van der Waals surface area contributed by atoms with Crippen LogP contribution in [0.25, 0.3) is 10.9 Å². The van der Waals surface area contributed by atoms with Crippen LogP contribution < -0.4 is 10.2 Å². The molecule has 1 aliphatic heterocycles. The quantitative estimate of drug-likeness (QED) is 0.747. The molecule has 0 bridgehead atoms. The molecule has 0 aliphatic carbocycles. The summed E-state index contributed by atoms with van der Waals surface area (Å²) >= 11 is 0. The summed E-state index contributed by atoms with van der Waals surface area (Å²) in [6, 6.07) is 10.1. The van der Waals surface area contributed by atoms with Gasteiger partial charge in [-0.2, -0.15) is 0 Å². The average Bonchev–Trinajstić information content (AvgIpc) is 3.12. The number of hydrogen-bond donors (Lipinski definition) is 2. The van der Waals surface area contributed by atoms with Crippen molar-refractivity contribution in [2.24, 2.45) is 0 Å². The third kappa shape index (κ3) is 3.80. The molecule has 140 valence electrons. The molecule has 27 heavy (non-hydrogen) atoms. The highest BCUT2D eigenvalue weighted by Crippen LogP contribution is 2.21. The van der Waals surface area contributed by atoms with E-state index in [-0.39, 0.29) is 5.91 Å². The van der Waals surface area contributed by atoms with Crippen LogP contribution >= 0.6 is 0 Å². The molecule has 0 saturated carbocycles. The Labute approximate surface area is 158 Å². The number of morpholine rings is 1. The highest BCUT2D eigenvalue weighted by Gasteiger charge is 2.13. The Morgan fingerprint density at radius 2 is 2.04 bits per heavy atom. The second-order valence-electron chi connectivity index (χ2n) is 7.03. The van der Waals surface area contributed by atoms with Crippen molar-refractivity contribution in [3.63, 3.8) is 0 Å². The molecule has 3 aromatic rings. The minimum Gasteiger partial charge on any atom is -0.378 e. The van der Waals surface area contributed by atoms with Crippen molar-refractivity contribution in [1.29, 1.82) is 0 Å². The number of anilines is 1. The van der Waals surface area contributed by atoms with Crippen molar-refractivity contribution >= 4 is 22.6 Å². The summed E-state index contributed by atoms with van der Waals surface area (Å²) in [6.45, 7) is 7.77. The maximum atomic E-state index is 12.5. The Morgan fingerprint density at radius 3 is 2.78 bits per heavy atom. The third-order valence-corrected chi connectivity index (χ3v) is 4.93. The zero-order valence-electron chi connectivity index (χ0n) is 15.7. The minimum atomic E-state index is -0.111. The number of carbonyl (C=O) groups excluding carboxylic acids is 1. The van der Waals surface area contributed by atoms with Crippen LogP contribution in [0, 0.1) is 13.8 Å². The maximum absolute atomic E-state index is 12.5. The molecule has 6 nitrogen and oxygen atoms in total. The lowest BCUT2D eigenvalue weighted by molar-refractivity contribution is 0.0946. The van der Waals surface area contributed by atoms with Crippen LogP contribution in [0.1, 0.15) is 27.2 Å².